The fraction of sp³-hybridized carbons (Fsp3) is 0.576. The average molecular weight is 536 g/mol. The molecule has 6 heteroatoms. The van der Waals surface area contributed by atoms with Crippen LogP contribution in [0.3, 0.4) is 0 Å². The Balaban J connectivity index is 1.72. The van der Waals surface area contributed by atoms with Crippen molar-refractivity contribution in [3.8, 4) is 5.75 Å². The molecular formula is C33H49N3O3. The van der Waals surface area contributed by atoms with E-state index in [2.05, 4.69) is 36.4 Å². The van der Waals surface area contributed by atoms with E-state index in [1.54, 1.807) is 0 Å². The third kappa shape index (κ3) is 10.3. The van der Waals surface area contributed by atoms with Crippen LogP contribution in [0.15, 0.2) is 54.6 Å². The number of amides is 2. The molecule has 1 aliphatic carbocycles. The number of benzene rings is 2. The number of likely N-dealkylation sites (N-methyl/N-ethyl adjacent to an activating group) is 1. The van der Waals surface area contributed by atoms with Crippen LogP contribution < -0.4 is 15.4 Å². The normalized spacial score (nSPS) is 16.1. The molecule has 2 aromatic carbocycles. The first-order chi connectivity index (χ1) is 18.5. The van der Waals surface area contributed by atoms with Crippen molar-refractivity contribution in [2.24, 2.45) is 5.92 Å². The molecule has 0 spiro atoms. The zero-order valence-corrected chi connectivity index (χ0v) is 24.8. The maximum Gasteiger partial charge on any atom is 0.243 e. The molecule has 1 fully saturated rings. The Bertz CT molecular complexity index is 1020. The van der Waals surface area contributed by atoms with Gasteiger partial charge in [0.25, 0.3) is 0 Å². The number of ether oxygens (including phenoxy) is 1. The number of rotatable bonds is 12. The van der Waals surface area contributed by atoms with Gasteiger partial charge in [-0.3, -0.25) is 14.5 Å². The van der Waals surface area contributed by atoms with Crippen LogP contribution in [0.25, 0.3) is 0 Å². The summed E-state index contributed by atoms with van der Waals surface area (Å²) < 4.78 is 5.93. The van der Waals surface area contributed by atoms with Gasteiger partial charge < -0.3 is 15.4 Å². The van der Waals surface area contributed by atoms with Gasteiger partial charge >= 0.3 is 0 Å². The van der Waals surface area contributed by atoms with Gasteiger partial charge in [-0.05, 0) is 76.3 Å². The summed E-state index contributed by atoms with van der Waals surface area (Å²) in [6, 6.07) is 17.4. The first-order valence-corrected chi connectivity index (χ1v) is 14.6. The van der Waals surface area contributed by atoms with Gasteiger partial charge in [0.05, 0.1) is 6.04 Å². The van der Waals surface area contributed by atoms with E-state index in [-0.39, 0.29) is 17.9 Å². The molecule has 0 saturated heterocycles. The van der Waals surface area contributed by atoms with Crippen molar-refractivity contribution in [1.82, 2.24) is 15.5 Å². The van der Waals surface area contributed by atoms with E-state index in [9.17, 15) is 9.59 Å². The lowest BCUT2D eigenvalue weighted by Gasteiger charge is -2.38. The van der Waals surface area contributed by atoms with Crippen LogP contribution in [0.1, 0.15) is 84.3 Å². The van der Waals surface area contributed by atoms with Gasteiger partial charge in [0.15, 0.2) is 0 Å². The Morgan fingerprint density at radius 2 is 1.56 bits per heavy atom. The lowest BCUT2D eigenvalue weighted by Crippen LogP contribution is -2.57. The molecule has 2 unspecified atom stereocenters. The molecule has 0 radical (unpaired) electrons. The molecule has 39 heavy (non-hydrogen) atoms. The van der Waals surface area contributed by atoms with Crippen LogP contribution in [-0.2, 0) is 22.6 Å². The van der Waals surface area contributed by atoms with Crippen LogP contribution in [0.4, 0.5) is 0 Å². The Hall–Kier alpha value is -2.86. The van der Waals surface area contributed by atoms with Gasteiger partial charge in [-0.15, -0.1) is 0 Å². The summed E-state index contributed by atoms with van der Waals surface area (Å²) in [5.74, 6) is 0.919. The number of carbonyl (C=O) groups is 2. The molecule has 2 amide bonds. The summed E-state index contributed by atoms with van der Waals surface area (Å²) in [7, 11) is 2.08. The van der Waals surface area contributed by atoms with Crippen molar-refractivity contribution in [1.29, 1.82) is 0 Å². The van der Waals surface area contributed by atoms with Crippen molar-refractivity contribution >= 4 is 11.8 Å². The van der Waals surface area contributed by atoms with Crippen molar-refractivity contribution in [3.05, 3.63) is 65.7 Å². The largest absolute Gasteiger partial charge is 0.489 e. The second-order valence-corrected chi connectivity index (χ2v) is 12.5. The van der Waals surface area contributed by atoms with Gasteiger partial charge in [0.1, 0.15) is 18.4 Å². The van der Waals surface area contributed by atoms with E-state index in [4.69, 9.17) is 4.74 Å². The lowest BCUT2D eigenvalue weighted by molar-refractivity contribution is -0.133. The van der Waals surface area contributed by atoms with E-state index in [0.717, 1.165) is 36.1 Å². The van der Waals surface area contributed by atoms with E-state index < -0.39 is 11.6 Å². The highest BCUT2D eigenvalue weighted by atomic mass is 16.5. The zero-order chi connectivity index (χ0) is 28.4. The predicted octanol–water partition coefficient (Wildman–Crippen LogP) is 5.89. The van der Waals surface area contributed by atoms with Gasteiger partial charge in [-0.25, -0.2) is 0 Å². The minimum Gasteiger partial charge on any atom is -0.489 e. The van der Waals surface area contributed by atoms with Gasteiger partial charge in [-0.2, -0.15) is 0 Å². The number of hydrogen-bond donors (Lipinski definition) is 2. The topological polar surface area (TPSA) is 70.7 Å². The van der Waals surface area contributed by atoms with E-state index in [0.29, 0.717) is 25.0 Å². The summed E-state index contributed by atoms with van der Waals surface area (Å²) in [4.78, 5) is 29.4. The zero-order valence-electron chi connectivity index (χ0n) is 24.8. The second kappa shape index (κ2) is 14.5. The summed E-state index contributed by atoms with van der Waals surface area (Å²) in [6.45, 7) is 10.7. The minimum atomic E-state index is -0.665. The van der Waals surface area contributed by atoms with Crippen molar-refractivity contribution in [2.45, 2.75) is 110 Å². The molecular weight excluding hydrogens is 486 g/mol. The van der Waals surface area contributed by atoms with Crippen LogP contribution in [0.2, 0.25) is 0 Å². The smallest absolute Gasteiger partial charge is 0.243 e. The third-order valence-corrected chi connectivity index (χ3v) is 7.38. The number of nitrogens with zero attached hydrogens (tertiary/aromatic N) is 1. The SMILES string of the molecule is CC(C)CC(C(=O)NC(Cc1ccc(OCc2ccccc2)cc1)C(=O)NC(C)(C)C)N(C)C1CCCCC1. The highest BCUT2D eigenvalue weighted by Gasteiger charge is 2.33. The van der Waals surface area contributed by atoms with E-state index >= 15 is 0 Å². The Morgan fingerprint density at radius 1 is 0.923 bits per heavy atom. The third-order valence-electron chi connectivity index (χ3n) is 7.38. The molecule has 0 bridgehead atoms. The monoisotopic (exact) mass is 535 g/mol. The lowest BCUT2D eigenvalue weighted by atomic mass is 9.91. The van der Waals surface area contributed by atoms with Crippen LogP contribution in [0, 0.1) is 5.92 Å². The first-order valence-electron chi connectivity index (χ1n) is 14.6. The van der Waals surface area contributed by atoms with Crippen LogP contribution in [-0.4, -0.2) is 47.4 Å². The molecule has 2 atom stereocenters. The maximum absolute atomic E-state index is 13.8. The quantitative estimate of drug-likeness (QED) is 0.356. The highest BCUT2D eigenvalue weighted by Crippen LogP contribution is 2.25. The Kier molecular flexibility index (Phi) is 11.4. The van der Waals surface area contributed by atoms with E-state index in [1.807, 2.05) is 75.4 Å². The van der Waals surface area contributed by atoms with Crippen molar-refractivity contribution in [3.63, 3.8) is 0 Å². The number of nitrogens with one attached hydrogen (secondary N) is 2. The predicted molar refractivity (Wildman–Crippen MR) is 159 cm³/mol. The summed E-state index contributed by atoms with van der Waals surface area (Å²) in [5.41, 5.74) is 1.68. The molecule has 1 saturated carbocycles. The van der Waals surface area contributed by atoms with Gasteiger partial charge in [-0.1, -0.05) is 75.6 Å². The average Bonchev–Trinajstić information content (AvgIpc) is 2.90. The molecule has 0 aromatic heterocycles. The Morgan fingerprint density at radius 3 is 2.15 bits per heavy atom. The first kappa shape index (κ1) is 30.7. The van der Waals surface area contributed by atoms with Crippen LogP contribution in [0.5, 0.6) is 5.75 Å². The fourth-order valence-electron chi connectivity index (χ4n) is 5.28. The van der Waals surface area contributed by atoms with Gasteiger partial charge in [0.2, 0.25) is 11.8 Å². The van der Waals surface area contributed by atoms with Crippen molar-refractivity contribution in [2.75, 3.05) is 7.05 Å². The molecule has 1 aliphatic rings. The molecule has 2 N–H and O–H groups in total. The van der Waals surface area contributed by atoms with Crippen LogP contribution >= 0.6 is 0 Å². The molecule has 0 aliphatic heterocycles. The summed E-state index contributed by atoms with van der Waals surface area (Å²) in [6.07, 6.45) is 7.14. The Labute approximate surface area is 235 Å². The fourth-order valence-corrected chi connectivity index (χ4v) is 5.28. The molecule has 214 valence electrons. The minimum absolute atomic E-state index is 0.0614. The highest BCUT2D eigenvalue weighted by molar-refractivity contribution is 5.90. The van der Waals surface area contributed by atoms with Crippen molar-refractivity contribution < 1.29 is 14.3 Å². The maximum atomic E-state index is 13.8. The molecule has 2 aromatic rings. The van der Waals surface area contributed by atoms with Gasteiger partial charge in [0, 0.05) is 18.0 Å². The summed E-state index contributed by atoms with van der Waals surface area (Å²) in [5, 5.41) is 6.23. The summed E-state index contributed by atoms with van der Waals surface area (Å²) >= 11 is 0. The second-order valence-electron chi connectivity index (χ2n) is 12.5. The molecule has 3 rings (SSSR count). The number of carbonyl (C=O) groups excluding carboxylic acids is 2. The molecule has 6 nitrogen and oxygen atoms in total. The van der Waals surface area contributed by atoms with E-state index in [1.165, 1.54) is 19.3 Å². The standard InChI is InChI=1S/C33H49N3O3/c1-24(2)21-30(36(6)27-15-11-8-12-16-27)32(38)34-29(31(37)35-33(3,4)5)22-25-17-19-28(20-18-25)39-23-26-13-9-7-10-14-26/h7,9-10,13-14,17-20,24,27,29-30H,8,11-12,15-16,21-23H2,1-6H3,(H,34,38)(H,35,37). The molecule has 0 heterocycles. The number of hydrogen-bond acceptors (Lipinski definition) is 4.